The maximum Gasteiger partial charge on any atom is 0.338 e. The fourth-order valence-corrected chi connectivity index (χ4v) is 3.35. The molecule has 0 saturated carbocycles. The largest absolute Gasteiger partial charge is 0.462 e. The van der Waals surface area contributed by atoms with Crippen LogP contribution in [0.5, 0.6) is 0 Å². The van der Waals surface area contributed by atoms with Crippen LogP contribution in [-0.2, 0) is 14.8 Å². The number of unbranched alkanes of at least 4 members (excludes halogenated alkanes) is 2. The lowest BCUT2D eigenvalue weighted by Gasteiger charge is -2.09. The first-order chi connectivity index (χ1) is 12.8. The Balaban J connectivity index is 2.06. The van der Waals surface area contributed by atoms with E-state index in [2.05, 4.69) is 11.6 Å². The van der Waals surface area contributed by atoms with Gasteiger partial charge in [-0.15, -0.1) is 0 Å². The van der Waals surface area contributed by atoms with Gasteiger partial charge in [0.05, 0.1) is 22.0 Å². The van der Waals surface area contributed by atoms with Crippen LogP contribution in [0.4, 0.5) is 11.4 Å². The molecule has 0 spiro atoms. The summed E-state index contributed by atoms with van der Waals surface area (Å²) in [7, 11) is -3.99. The number of nitrogens with one attached hydrogen (secondary N) is 1. The summed E-state index contributed by atoms with van der Waals surface area (Å²) in [4.78, 5) is 21.8. The molecule has 0 aliphatic heterocycles. The van der Waals surface area contributed by atoms with E-state index in [1.165, 1.54) is 42.5 Å². The monoisotopic (exact) mass is 392 g/mol. The number of hydrogen-bond acceptors (Lipinski definition) is 6. The number of anilines is 1. The van der Waals surface area contributed by atoms with Gasteiger partial charge in [-0.1, -0.05) is 25.8 Å². The van der Waals surface area contributed by atoms with E-state index in [4.69, 9.17) is 4.74 Å². The van der Waals surface area contributed by atoms with Crippen molar-refractivity contribution in [2.45, 2.75) is 31.1 Å². The highest BCUT2D eigenvalue weighted by Crippen LogP contribution is 2.21. The van der Waals surface area contributed by atoms with Crippen LogP contribution in [-0.4, -0.2) is 25.9 Å². The third-order valence-electron chi connectivity index (χ3n) is 3.69. The van der Waals surface area contributed by atoms with Gasteiger partial charge in [0.2, 0.25) is 0 Å². The summed E-state index contributed by atoms with van der Waals surface area (Å²) in [5, 5.41) is 10.8. The Labute approximate surface area is 157 Å². The number of ether oxygens (including phenoxy) is 1. The van der Waals surface area contributed by atoms with Gasteiger partial charge in [-0.2, -0.15) is 0 Å². The van der Waals surface area contributed by atoms with Crippen molar-refractivity contribution in [3.8, 4) is 0 Å². The van der Waals surface area contributed by atoms with Gasteiger partial charge in [0, 0.05) is 17.8 Å². The van der Waals surface area contributed by atoms with Crippen molar-refractivity contribution in [2.24, 2.45) is 0 Å². The minimum atomic E-state index is -3.99. The van der Waals surface area contributed by atoms with Crippen LogP contribution in [0.1, 0.15) is 36.5 Å². The van der Waals surface area contributed by atoms with Crippen LogP contribution < -0.4 is 4.72 Å². The van der Waals surface area contributed by atoms with Gasteiger partial charge >= 0.3 is 5.97 Å². The summed E-state index contributed by atoms with van der Waals surface area (Å²) in [6, 6.07) is 10.5. The Morgan fingerprint density at radius 1 is 1.15 bits per heavy atom. The predicted octanol–water partition coefficient (Wildman–Crippen LogP) is 3.74. The van der Waals surface area contributed by atoms with E-state index in [9.17, 15) is 23.3 Å². The van der Waals surface area contributed by atoms with E-state index in [1.54, 1.807) is 0 Å². The number of benzene rings is 2. The second kappa shape index (κ2) is 9.13. The number of non-ortho nitro benzene ring substituents is 1. The van der Waals surface area contributed by atoms with Crippen molar-refractivity contribution in [3.05, 3.63) is 64.2 Å². The van der Waals surface area contributed by atoms with Gasteiger partial charge < -0.3 is 4.74 Å². The van der Waals surface area contributed by atoms with Gasteiger partial charge in [-0.05, 0) is 36.8 Å². The normalized spacial score (nSPS) is 11.0. The van der Waals surface area contributed by atoms with Crippen molar-refractivity contribution in [1.29, 1.82) is 0 Å². The molecule has 0 unspecified atom stereocenters. The number of nitrogens with zero attached hydrogens (tertiary/aromatic N) is 1. The third-order valence-corrected chi connectivity index (χ3v) is 5.07. The number of nitro benzene ring substituents is 1. The Kier molecular flexibility index (Phi) is 6.89. The molecule has 0 saturated heterocycles. The first-order valence-electron chi connectivity index (χ1n) is 8.38. The summed E-state index contributed by atoms with van der Waals surface area (Å²) in [6.07, 6.45) is 2.80. The Morgan fingerprint density at radius 2 is 1.85 bits per heavy atom. The van der Waals surface area contributed by atoms with Crippen LogP contribution in [0.3, 0.4) is 0 Å². The highest BCUT2D eigenvalue weighted by atomic mass is 32.2. The Morgan fingerprint density at radius 3 is 2.48 bits per heavy atom. The van der Waals surface area contributed by atoms with Crippen molar-refractivity contribution < 1.29 is 22.9 Å². The summed E-state index contributed by atoms with van der Waals surface area (Å²) in [6.45, 7) is 2.39. The summed E-state index contributed by atoms with van der Waals surface area (Å²) in [5.74, 6) is -0.473. The lowest BCUT2D eigenvalue weighted by molar-refractivity contribution is -0.385. The molecule has 9 heteroatoms. The van der Waals surface area contributed by atoms with Crippen LogP contribution in [0.2, 0.25) is 0 Å². The second-order valence-corrected chi connectivity index (χ2v) is 7.46. The number of esters is 1. The minimum absolute atomic E-state index is 0.226. The molecule has 0 radical (unpaired) electrons. The number of nitro groups is 1. The fourth-order valence-electron chi connectivity index (χ4n) is 2.25. The first-order valence-corrected chi connectivity index (χ1v) is 9.86. The summed E-state index contributed by atoms with van der Waals surface area (Å²) in [5.41, 5.74) is 0.216. The SMILES string of the molecule is CCCCCOC(=O)c1ccc(NS(=O)(=O)c2cccc([N+](=O)[O-])c2)cc1. The van der Waals surface area contributed by atoms with Crippen molar-refractivity contribution in [1.82, 2.24) is 0 Å². The van der Waals surface area contributed by atoms with Crippen LogP contribution in [0.15, 0.2) is 53.4 Å². The Hall–Kier alpha value is -2.94. The molecule has 0 amide bonds. The smallest absolute Gasteiger partial charge is 0.338 e. The number of carbonyl (C=O) groups excluding carboxylic acids is 1. The second-order valence-electron chi connectivity index (χ2n) is 5.78. The highest BCUT2D eigenvalue weighted by molar-refractivity contribution is 7.92. The molecule has 0 bridgehead atoms. The molecule has 2 aromatic rings. The minimum Gasteiger partial charge on any atom is -0.462 e. The predicted molar refractivity (Wildman–Crippen MR) is 100 cm³/mol. The van der Waals surface area contributed by atoms with Crippen molar-refractivity contribution in [3.63, 3.8) is 0 Å². The molecule has 0 aliphatic rings. The van der Waals surface area contributed by atoms with Gasteiger partial charge in [0.1, 0.15) is 0 Å². The molecule has 8 nitrogen and oxygen atoms in total. The molecule has 0 aromatic heterocycles. The maximum atomic E-state index is 12.4. The van der Waals surface area contributed by atoms with Gasteiger partial charge in [-0.3, -0.25) is 14.8 Å². The summed E-state index contributed by atoms with van der Waals surface area (Å²) < 4.78 is 32.2. The zero-order valence-electron chi connectivity index (χ0n) is 14.8. The van der Waals surface area contributed by atoms with E-state index >= 15 is 0 Å². The molecule has 2 aromatic carbocycles. The highest BCUT2D eigenvalue weighted by Gasteiger charge is 2.18. The molecular weight excluding hydrogens is 372 g/mol. The molecule has 0 fully saturated rings. The van der Waals surface area contributed by atoms with E-state index in [-0.39, 0.29) is 16.3 Å². The molecule has 1 N–H and O–H groups in total. The maximum absolute atomic E-state index is 12.4. The Bertz CT molecular complexity index is 910. The standard InChI is InChI=1S/C18H20N2O6S/c1-2-3-4-12-26-18(21)14-8-10-15(11-9-14)19-27(24,25)17-7-5-6-16(13-17)20(22)23/h5-11,13,19H,2-4,12H2,1H3. The van der Waals surface area contributed by atoms with E-state index in [0.29, 0.717) is 12.2 Å². The average Bonchev–Trinajstić information content (AvgIpc) is 2.65. The average molecular weight is 392 g/mol. The molecule has 0 aliphatic carbocycles. The molecule has 27 heavy (non-hydrogen) atoms. The van der Waals surface area contributed by atoms with Gasteiger partial charge in [0.15, 0.2) is 0 Å². The van der Waals surface area contributed by atoms with Gasteiger partial charge in [0.25, 0.3) is 15.7 Å². The number of hydrogen-bond donors (Lipinski definition) is 1. The molecule has 0 atom stereocenters. The summed E-state index contributed by atoms with van der Waals surface area (Å²) >= 11 is 0. The lowest BCUT2D eigenvalue weighted by Crippen LogP contribution is -2.13. The van der Waals surface area contributed by atoms with Crippen LogP contribution in [0, 0.1) is 10.1 Å². The number of carbonyl (C=O) groups is 1. The molecule has 2 rings (SSSR count). The number of sulfonamides is 1. The van der Waals surface area contributed by atoms with E-state index in [1.807, 2.05) is 0 Å². The molecular formula is C18H20N2O6S. The van der Waals surface area contributed by atoms with Crippen molar-refractivity contribution in [2.75, 3.05) is 11.3 Å². The van der Waals surface area contributed by atoms with Crippen LogP contribution >= 0.6 is 0 Å². The van der Waals surface area contributed by atoms with Crippen LogP contribution in [0.25, 0.3) is 0 Å². The first kappa shape index (κ1) is 20.4. The van der Waals surface area contributed by atoms with Gasteiger partial charge in [-0.25, -0.2) is 13.2 Å². The number of rotatable bonds is 9. The molecule has 144 valence electrons. The third kappa shape index (κ3) is 5.78. The quantitative estimate of drug-likeness (QED) is 0.301. The topological polar surface area (TPSA) is 116 Å². The van der Waals surface area contributed by atoms with E-state index < -0.39 is 20.9 Å². The molecule has 0 heterocycles. The fraction of sp³-hybridized carbons (Fsp3) is 0.278. The van der Waals surface area contributed by atoms with E-state index in [0.717, 1.165) is 25.3 Å². The lowest BCUT2D eigenvalue weighted by atomic mass is 10.2. The van der Waals surface area contributed by atoms with Crippen molar-refractivity contribution >= 4 is 27.4 Å². The zero-order valence-corrected chi connectivity index (χ0v) is 15.6. The zero-order chi connectivity index (χ0) is 19.9.